The number of para-hydroxylation sites is 2. The minimum absolute atomic E-state index is 0.0762. The molecular formula is C23H26N6O. The maximum atomic E-state index is 6.02. The van der Waals surface area contributed by atoms with Gasteiger partial charge in [-0.3, -0.25) is 4.90 Å². The lowest BCUT2D eigenvalue weighted by Gasteiger charge is -2.25. The SMILES string of the molecule is Cc1ccc(-c2nnc(C(C)N3CCCN(c4nc5ccccc5[nH]4)CC3)o2)cc1. The highest BCUT2D eigenvalue weighted by atomic mass is 16.4. The highest BCUT2D eigenvalue weighted by molar-refractivity contribution is 5.77. The maximum Gasteiger partial charge on any atom is 0.247 e. The molecule has 0 saturated carbocycles. The minimum atomic E-state index is 0.0762. The fraction of sp³-hybridized carbons (Fsp3) is 0.348. The van der Waals surface area contributed by atoms with Crippen molar-refractivity contribution in [1.82, 2.24) is 25.1 Å². The van der Waals surface area contributed by atoms with Gasteiger partial charge in [-0.25, -0.2) is 4.98 Å². The van der Waals surface area contributed by atoms with Crippen LogP contribution in [0.5, 0.6) is 0 Å². The standard InChI is InChI=1S/C23H26N6O/c1-16-8-10-18(11-9-16)22-27-26-21(30-22)17(2)28-12-5-13-29(15-14-28)23-24-19-6-3-4-7-20(19)25-23/h3-4,6-11,17H,5,12-15H2,1-2H3,(H,24,25). The number of nitrogens with zero attached hydrogens (tertiary/aromatic N) is 5. The van der Waals surface area contributed by atoms with Crippen LogP contribution in [-0.2, 0) is 0 Å². The van der Waals surface area contributed by atoms with Gasteiger partial charge in [0, 0.05) is 31.7 Å². The van der Waals surface area contributed by atoms with Crippen molar-refractivity contribution >= 4 is 17.0 Å². The lowest BCUT2D eigenvalue weighted by atomic mass is 10.1. The number of hydrogen-bond donors (Lipinski definition) is 1. The van der Waals surface area contributed by atoms with Crippen LogP contribution in [0.1, 0.15) is 30.8 Å². The average molecular weight is 403 g/mol. The summed E-state index contributed by atoms with van der Waals surface area (Å²) in [5.41, 5.74) is 4.26. The largest absolute Gasteiger partial charge is 0.419 e. The molecule has 0 radical (unpaired) electrons. The molecule has 1 aliphatic rings. The zero-order chi connectivity index (χ0) is 20.5. The van der Waals surface area contributed by atoms with E-state index in [9.17, 15) is 0 Å². The molecule has 7 nitrogen and oxygen atoms in total. The van der Waals surface area contributed by atoms with Gasteiger partial charge in [-0.15, -0.1) is 10.2 Å². The van der Waals surface area contributed by atoms with E-state index in [-0.39, 0.29) is 6.04 Å². The lowest BCUT2D eigenvalue weighted by molar-refractivity contribution is 0.196. The number of aromatic nitrogens is 4. The molecule has 7 heteroatoms. The first-order chi connectivity index (χ1) is 14.7. The predicted octanol–water partition coefficient (Wildman–Crippen LogP) is 4.19. The summed E-state index contributed by atoms with van der Waals surface area (Å²) in [4.78, 5) is 13.0. The van der Waals surface area contributed by atoms with Gasteiger partial charge in [-0.1, -0.05) is 29.8 Å². The summed E-state index contributed by atoms with van der Waals surface area (Å²) in [5.74, 6) is 2.20. The molecule has 2 aromatic heterocycles. The van der Waals surface area contributed by atoms with E-state index in [0.29, 0.717) is 11.8 Å². The monoisotopic (exact) mass is 402 g/mol. The van der Waals surface area contributed by atoms with E-state index in [0.717, 1.165) is 55.1 Å². The van der Waals surface area contributed by atoms with Gasteiger partial charge in [0.05, 0.1) is 17.1 Å². The predicted molar refractivity (Wildman–Crippen MR) is 117 cm³/mol. The van der Waals surface area contributed by atoms with Crippen LogP contribution >= 0.6 is 0 Å². The van der Waals surface area contributed by atoms with Crippen LogP contribution < -0.4 is 4.90 Å². The van der Waals surface area contributed by atoms with Gasteiger partial charge in [0.2, 0.25) is 17.7 Å². The number of anilines is 1. The highest BCUT2D eigenvalue weighted by Gasteiger charge is 2.25. The quantitative estimate of drug-likeness (QED) is 0.552. The fourth-order valence-electron chi connectivity index (χ4n) is 4.00. The first kappa shape index (κ1) is 18.8. The van der Waals surface area contributed by atoms with Crippen LogP contribution in [0.4, 0.5) is 5.95 Å². The van der Waals surface area contributed by atoms with Crippen LogP contribution in [0, 0.1) is 6.92 Å². The van der Waals surface area contributed by atoms with Gasteiger partial charge in [0.1, 0.15) is 0 Å². The van der Waals surface area contributed by atoms with Gasteiger partial charge in [0.25, 0.3) is 0 Å². The number of H-pyrrole nitrogens is 1. The van der Waals surface area contributed by atoms with Crippen LogP contribution in [0.2, 0.25) is 0 Å². The molecule has 30 heavy (non-hydrogen) atoms. The normalized spacial score (nSPS) is 16.7. The Morgan fingerprint density at radius 2 is 1.80 bits per heavy atom. The van der Waals surface area contributed by atoms with Crippen LogP contribution in [0.15, 0.2) is 52.9 Å². The molecule has 0 amide bonds. The Kier molecular flexibility index (Phi) is 4.96. The van der Waals surface area contributed by atoms with Crippen molar-refractivity contribution in [3.63, 3.8) is 0 Å². The van der Waals surface area contributed by atoms with Gasteiger partial charge in [0.15, 0.2) is 0 Å². The Labute approximate surface area is 175 Å². The summed E-state index contributed by atoms with van der Waals surface area (Å²) in [5, 5.41) is 8.61. The molecule has 1 unspecified atom stereocenters. The number of nitrogens with one attached hydrogen (secondary N) is 1. The van der Waals surface area contributed by atoms with E-state index >= 15 is 0 Å². The Hall–Kier alpha value is -3.19. The first-order valence-corrected chi connectivity index (χ1v) is 10.5. The van der Waals surface area contributed by atoms with Crippen molar-refractivity contribution < 1.29 is 4.42 Å². The molecule has 0 bridgehead atoms. The Bertz CT molecular complexity index is 1100. The van der Waals surface area contributed by atoms with Crippen molar-refractivity contribution in [1.29, 1.82) is 0 Å². The number of hydrogen-bond acceptors (Lipinski definition) is 6. The van der Waals surface area contributed by atoms with Crippen LogP contribution in [-0.4, -0.2) is 51.2 Å². The number of imidazole rings is 1. The van der Waals surface area contributed by atoms with E-state index < -0.39 is 0 Å². The number of fused-ring (bicyclic) bond motifs is 1. The smallest absolute Gasteiger partial charge is 0.247 e. The van der Waals surface area contributed by atoms with Gasteiger partial charge >= 0.3 is 0 Å². The highest BCUT2D eigenvalue weighted by Crippen LogP contribution is 2.26. The fourth-order valence-corrected chi connectivity index (χ4v) is 4.00. The van der Waals surface area contributed by atoms with E-state index in [2.05, 4.69) is 57.0 Å². The molecule has 1 fully saturated rings. The zero-order valence-corrected chi connectivity index (χ0v) is 17.4. The number of aryl methyl sites for hydroxylation is 1. The number of rotatable bonds is 4. The van der Waals surface area contributed by atoms with E-state index in [1.807, 2.05) is 30.3 Å². The van der Waals surface area contributed by atoms with E-state index in [1.54, 1.807) is 0 Å². The average Bonchev–Trinajstić information content (AvgIpc) is 3.35. The molecule has 1 N–H and O–H groups in total. The number of aromatic amines is 1. The molecular weight excluding hydrogens is 376 g/mol. The molecule has 2 aromatic carbocycles. The van der Waals surface area contributed by atoms with Gasteiger partial charge < -0.3 is 14.3 Å². The van der Waals surface area contributed by atoms with Gasteiger partial charge in [-0.2, -0.15) is 0 Å². The maximum absolute atomic E-state index is 6.02. The van der Waals surface area contributed by atoms with Crippen LogP contribution in [0.3, 0.4) is 0 Å². The molecule has 1 atom stereocenters. The first-order valence-electron chi connectivity index (χ1n) is 10.5. The topological polar surface area (TPSA) is 74.1 Å². The lowest BCUT2D eigenvalue weighted by Crippen LogP contribution is -2.33. The van der Waals surface area contributed by atoms with E-state index in [4.69, 9.17) is 9.40 Å². The van der Waals surface area contributed by atoms with Crippen molar-refractivity contribution in [3.05, 3.63) is 60.0 Å². The Morgan fingerprint density at radius 3 is 2.63 bits per heavy atom. The zero-order valence-electron chi connectivity index (χ0n) is 17.4. The summed E-state index contributed by atoms with van der Waals surface area (Å²) < 4.78 is 6.02. The van der Waals surface area contributed by atoms with Gasteiger partial charge in [-0.05, 0) is 44.5 Å². The van der Waals surface area contributed by atoms with Crippen molar-refractivity contribution in [2.45, 2.75) is 26.3 Å². The molecule has 4 aromatic rings. The minimum Gasteiger partial charge on any atom is -0.419 e. The molecule has 0 aliphatic carbocycles. The Morgan fingerprint density at radius 1 is 0.967 bits per heavy atom. The second-order valence-corrected chi connectivity index (χ2v) is 7.94. The van der Waals surface area contributed by atoms with Crippen molar-refractivity contribution in [2.24, 2.45) is 0 Å². The third-order valence-electron chi connectivity index (χ3n) is 5.85. The molecule has 0 spiro atoms. The molecule has 3 heterocycles. The number of benzene rings is 2. The second kappa shape index (κ2) is 7.91. The molecule has 1 aliphatic heterocycles. The Balaban J connectivity index is 1.28. The van der Waals surface area contributed by atoms with Crippen LogP contribution in [0.25, 0.3) is 22.5 Å². The molecule has 1 saturated heterocycles. The van der Waals surface area contributed by atoms with E-state index in [1.165, 1.54) is 5.56 Å². The third-order valence-corrected chi connectivity index (χ3v) is 5.85. The summed E-state index contributed by atoms with van der Waals surface area (Å²) in [7, 11) is 0. The summed E-state index contributed by atoms with van der Waals surface area (Å²) in [6.45, 7) is 7.99. The summed E-state index contributed by atoms with van der Waals surface area (Å²) in [6.07, 6.45) is 1.06. The summed E-state index contributed by atoms with van der Waals surface area (Å²) in [6, 6.07) is 16.4. The third kappa shape index (κ3) is 3.68. The van der Waals surface area contributed by atoms with Crippen molar-refractivity contribution in [3.8, 4) is 11.5 Å². The molecule has 5 rings (SSSR count). The van der Waals surface area contributed by atoms with Crippen molar-refractivity contribution in [2.75, 3.05) is 31.1 Å². The summed E-state index contributed by atoms with van der Waals surface area (Å²) >= 11 is 0. The molecule has 154 valence electrons. The second-order valence-electron chi connectivity index (χ2n) is 7.94.